The number of nitrogens with zero attached hydrogens (tertiary/aromatic N) is 2. The van der Waals surface area contributed by atoms with Gasteiger partial charge in [0.1, 0.15) is 17.6 Å². The molecular weight excluding hydrogens is 303 g/mol. The molecule has 1 aliphatic heterocycles. The van der Waals surface area contributed by atoms with Crippen LogP contribution in [0.3, 0.4) is 0 Å². The van der Waals surface area contributed by atoms with E-state index in [2.05, 4.69) is 4.90 Å². The largest absolute Gasteiger partial charge is 0.496 e. The van der Waals surface area contributed by atoms with Gasteiger partial charge in [-0.3, -0.25) is 14.6 Å². The van der Waals surface area contributed by atoms with Crippen molar-refractivity contribution in [2.24, 2.45) is 0 Å². The molecule has 0 aromatic heterocycles. The first-order valence-corrected chi connectivity index (χ1v) is 7.59. The molecule has 0 spiro atoms. The van der Waals surface area contributed by atoms with Gasteiger partial charge in [-0.1, -0.05) is 6.07 Å². The molecule has 1 aliphatic rings. The van der Waals surface area contributed by atoms with E-state index in [1.807, 2.05) is 0 Å². The Morgan fingerprint density at radius 1 is 1.48 bits per heavy atom. The van der Waals surface area contributed by atoms with Gasteiger partial charge in [-0.2, -0.15) is 0 Å². The van der Waals surface area contributed by atoms with E-state index in [1.54, 1.807) is 11.9 Å². The van der Waals surface area contributed by atoms with E-state index in [9.17, 15) is 14.3 Å². The number of morpholine rings is 1. The summed E-state index contributed by atoms with van der Waals surface area (Å²) in [6.45, 7) is 4.46. The molecular formula is C16H23FN2O4. The molecule has 23 heavy (non-hydrogen) atoms. The van der Waals surface area contributed by atoms with Gasteiger partial charge < -0.3 is 14.6 Å². The van der Waals surface area contributed by atoms with Crippen LogP contribution in [-0.2, 0) is 9.53 Å². The van der Waals surface area contributed by atoms with E-state index in [0.29, 0.717) is 25.3 Å². The molecule has 1 saturated heterocycles. The fourth-order valence-corrected chi connectivity index (χ4v) is 2.72. The fourth-order valence-electron chi connectivity index (χ4n) is 2.72. The second-order valence-corrected chi connectivity index (χ2v) is 5.56. The molecule has 0 amide bonds. The molecule has 0 aliphatic carbocycles. The van der Waals surface area contributed by atoms with Crippen LogP contribution in [0.15, 0.2) is 18.2 Å². The van der Waals surface area contributed by atoms with E-state index in [4.69, 9.17) is 9.47 Å². The second kappa shape index (κ2) is 8.24. The minimum absolute atomic E-state index is 0.246. The van der Waals surface area contributed by atoms with Crippen LogP contribution in [0.4, 0.5) is 4.39 Å². The Balaban J connectivity index is 2.09. The summed E-state index contributed by atoms with van der Waals surface area (Å²) in [7, 11) is 3.16. The minimum Gasteiger partial charge on any atom is -0.496 e. The highest BCUT2D eigenvalue weighted by Gasteiger charge is 2.28. The summed E-state index contributed by atoms with van der Waals surface area (Å²) in [4.78, 5) is 15.7. The number of ether oxygens (including phenoxy) is 2. The summed E-state index contributed by atoms with van der Waals surface area (Å²) in [5.74, 6) is -1.19. The Morgan fingerprint density at radius 2 is 2.17 bits per heavy atom. The highest BCUT2D eigenvalue weighted by Crippen LogP contribution is 2.29. The first-order chi connectivity index (χ1) is 11.0. The summed E-state index contributed by atoms with van der Waals surface area (Å²) < 4.78 is 23.8. The fraction of sp³-hybridized carbons (Fsp3) is 0.562. The predicted octanol–water partition coefficient (Wildman–Crippen LogP) is 1.22. The van der Waals surface area contributed by atoms with Crippen molar-refractivity contribution in [1.29, 1.82) is 0 Å². The minimum atomic E-state index is -0.987. The van der Waals surface area contributed by atoms with E-state index >= 15 is 0 Å². The Kier molecular flexibility index (Phi) is 6.32. The van der Waals surface area contributed by atoms with Crippen molar-refractivity contribution < 1.29 is 23.8 Å². The van der Waals surface area contributed by atoms with Crippen molar-refractivity contribution in [2.75, 3.05) is 53.6 Å². The van der Waals surface area contributed by atoms with Crippen molar-refractivity contribution in [2.45, 2.75) is 6.04 Å². The zero-order valence-corrected chi connectivity index (χ0v) is 13.5. The first kappa shape index (κ1) is 17.7. The van der Waals surface area contributed by atoms with E-state index < -0.39 is 17.8 Å². The monoisotopic (exact) mass is 326 g/mol. The Bertz CT molecular complexity index is 535. The van der Waals surface area contributed by atoms with Crippen LogP contribution in [0.25, 0.3) is 0 Å². The van der Waals surface area contributed by atoms with E-state index in [-0.39, 0.29) is 5.75 Å². The zero-order chi connectivity index (χ0) is 16.8. The van der Waals surface area contributed by atoms with Gasteiger partial charge >= 0.3 is 5.97 Å². The first-order valence-electron chi connectivity index (χ1n) is 7.59. The number of carbonyl (C=O) groups is 1. The molecule has 1 fully saturated rings. The number of rotatable bonds is 7. The third-order valence-corrected chi connectivity index (χ3v) is 4.04. The van der Waals surface area contributed by atoms with Crippen LogP contribution in [0.2, 0.25) is 0 Å². The summed E-state index contributed by atoms with van der Waals surface area (Å²) in [5.41, 5.74) is 0.450. The maximum absolute atomic E-state index is 13.3. The Labute approximate surface area is 135 Å². The predicted molar refractivity (Wildman–Crippen MR) is 83.2 cm³/mol. The summed E-state index contributed by atoms with van der Waals surface area (Å²) in [6.07, 6.45) is 0. The number of likely N-dealkylation sites (N-methyl/N-ethyl adjacent to an activating group) is 1. The molecule has 0 saturated carbocycles. The van der Waals surface area contributed by atoms with Gasteiger partial charge in [-0.25, -0.2) is 4.39 Å². The van der Waals surface area contributed by atoms with Crippen molar-refractivity contribution >= 4 is 5.97 Å². The number of hydrogen-bond donors (Lipinski definition) is 1. The van der Waals surface area contributed by atoms with Gasteiger partial charge in [0, 0.05) is 37.8 Å². The number of methoxy groups -OCH3 is 1. The highest BCUT2D eigenvalue weighted by atomic mass is 19.1. The maximum atomic E-state index is 13.3. The van der Waals surface area contributed by atoms with Gasteiger partial charge in [0.15, 0.2) is 0 Å². The normalized spacial score (nSPS) is 17.2. The second-order valence-electron chi connectivity index (χ2n) is 5.56. The lowest BCUT2D eigenvalue weighted by Gasteiger charge is -2.31. The lowest BCUT2D eigenvalue weighted by atomic mass is 10.0. The number of carboxylic acids is 1. The average molecular weight is 326 g/mol. The van der Waals surface area contributed by atoms with Gasteiger partial charge in [0.2, 0.25) is 0 Å². The smallest absolute Gasteiger partial charge is 0.325 e. The third-order valence-electron chi connectivity index (χ3n) is 4.04. The quantitative estimate of drug-likeness (QED) is 0.813. The Hall–Kier alpha value is -1.70. The molecule has 0 unspecified atom stereocenters. The summed E-state index contributed by atoms with van der Waals surface area (Å²) in [6, 6.07) is 3.05. The lowest BCUT2D eigenvalue weighted by molar-refractivity contribution is -0.143. The lowest BCUT2D eigenvalue weighted by Crippen LogP contribution is -2.42. The van der Waals surface area contributed by atoms with Crippen LogP contribution in [0.1, 0.15) is 11.6 Å². The molecule has 7 heteroatoms. The summed E-state index contributed by atoms with van der Waals surface area (Å²) >= 11 is 0. The van der Waals surface area contributed by atoms with E-state index in [0.717, 1.165) is 19.6 Å². The maximum Gasteiger partial charge on any atom is 0.325 e. The SMILES string of the molecule is COc1cc(F)ccc1[C@H](C(=O)O)N(C)CCN1CCOCC1. The van der Waals surface area contributed by atoms with Crippen molar-refractivity contribution in [3.8, 4) is 5.75 Å². The standard InChI is InChI=1S/C16H23FN2O4/c1-18(5-6-19-7-9-23-10-8-19)15(16(20)21)13-4-3-12(17)11-14(13)22-2/h3-4,11,15H,5-10H2,1-2H3,(H,20,21)/t15-/m1/s1. The molecule has 1 aromatic rings. The molecule has 1 atom stereocenters. The van der Waals surface area contributed by atoms with Crippen molar-refractivity contribution in [3.63, 3.8) is 0 Å². The highest BCUT2D eigenvalue weighted by molar-refractivity contribution is 5.76. The molecule has 0 radical (unpaired) electrons. The van der Waals surface area contributed by atoms with Crippen LogP contribution in [-0.4, -0.2) is 74.4 Å². The number of halogens is 1. The van der Waals surface area contributed by atoms with Crippen molar-refractivity contribution in [3.05, 3.63) is 29.6 Å². The average Bonchev–Trinajstić information content (AvgIpc) is 2.55. The van der Waals surface area contributed by atoms with Crippen LogP contribution < -0.4 is 4.74 Å². The topological polar surface area (TPSA) is 62.2 Å². The molecule has 6 nitrogen and oxygen atoms in total. The zero-order valence-electron chi connectivity index (χ0n) is 13.5. The summed E-state index contributed by atoms with van der Waals surface area (Å²) in [5, 5.41) is 9.60. The van der Waals surface area contributed by atoms with E-state index in [1.165, 1.54) is 25.3 Å². The van der Waals surface area contributed by atoms with Crippen LogP contribution in [0.5, 0.6) is 5.75 Å². The van der Waals surface area contributed by atoms with Gasteiger partial charge in [-0.15, -0.1) is 0 Å². The van der Waals surface area contributed by atoms with Gasteiger partial charge in [-0.05, 0) is 13.1 Å². The number of hydrogen-bond acceptors (Lipinski definition) is 5. The Morgan fingerprint density at radius 3 is 2.78 bits per heavy atom. The molecule has 128 valence electrons. The number of aliphatic carboxylic acids is 1. The molecule has 1 N–H and O–H groups in total. The van der Waals surface area contributed by atoms with Crippen molar-refractivity contribution in [1.82, 2.24) is 9.80 Å². The number of carboxylic acid groups (broad SMARTS) is 1. The van der Waals surface area contributed by atoms with Crippen LogP contribution >= 0.6 is 0 Å². The third kappa shape index (κ3) is 4.63. The van der Waals surface area contributed by atoms with Gasteiger partial charge in [0.25, 0.3) is 0 Å². The number of benzene rings is 1. The molecule has 1 aromatic carbocycles. The molecule has 1 heterocycles. The molecule has 2 rings (SSSR count). The molecule has 0 bridgehead atoms. The van der Waals surface area contributed by atoms with Gasteiger partial charge in [0.05, 0.1) is 20.3 Å². The van der Waals surface area contributed by atoms with Crippen LogP contribution in [0, 0.1) is 5.82 Å².